The van der Waals surface area contributed by atoms with Crippen molar-refractivity contribution in [2.24, 2.45) is 0 Å². The van der Waals surface area contributed by atoms with Gasteiger partial charge >= 0.3 is 0 Å². The normalized spacial score (nSPS) is 11.7. The Kier molecular flexibility index (Phi) is 5.90. The van der Waals surface area contributed by atoms with Crippen LogP contribution < -0.4 is 19.6 Å². The number of ether oxygens (including phenoxy) is 2. The van der Waals surface area contributed by atoms with Gasteiger partial charge in [-0.15, -0.1) is 5.10 Å². The standard InChI is InChI=1S/C23H21N3O3S/c1-3-13-28-18-9-5-16(6-10-18)15-20-22(27)26-23(30-20)24-21(25-26)17-7-11-19(12-8-17)29-14-4-2/h4-12,15H,2-3,13-14H2,1H3/b20-15-. The van der Waals surface area contributed by atoms with Crippen molar-refractivity contribution in [2.45, 2.75) is 13.3 Å². The molecule has 30 heavy (non-hydrogen) atoms. The zero-order chi connectivity index (χ0) is 20.9. The topological polar surface area (TPSA) is 65.7 Å². The SMILES string of the molecule is C=CCOc1ccc(-c2nc3s/c(=C\c4ccc(OCCC)cc4)c(=O)n3n2)cc1. The molecule has 6 nitrogen and oxygen atoms in total. The van der Waals surface area contributed by atoms with E-state index in [1.165, 1.54) is 15.9 Å². The van der Waals surface area contributed by atoms with Gasteiger partial charge in [-0.1, -0.05) is 43.0 Å². The quantitative estimate of drug-likeness (QED) is 0.407. The second kappa shape index (κ2) is 8.92. The molecule has 0 fully saturated rings. The van der Waals surface area contributed by atoms with Crippen LogP contribution in [-0.2, 0) is 0 Å². The summed E-state index contributed by atoms with van der Waals surface area (Å²) in [4.78, 5) is 17.8. The van der Waals surface area contributed by atoms with Gasteiger partial charge in [0.2, 0.25) is 4.96 Å². The zero-order valence-corrected chi connectivity index (χ0v) is 17.4. The highest BCUT2D eigenvalue weighted by Crippen LogP contribution is 2.20. The van der Waals surface area contributed by atoms with Gasteiger partial charge in [0.05, 0.1) is 11.1 Å². The average Bonchev–Trinajstić information content (AvgIpc) is 3.31. The van der Waals surface area contributed by atoms with Crippen LogP contribution in [-0.4, -0.2) is 27.8 Å². The van der Waals surface area contributed by atoms with Crippen LogP contribution in [0.3, 0.4) is 0 Å². The zero-order valence-electron chi connectivity index (χ0n) is 16.6. The summed E-state index contributed by atoms with van der Waals surface area (Å²) >= 11 is 1.32. The van der Waals surface area contributed by atoms with Gasteiger partial charge < -0.3 is 9.47 Å². The molecule has 4 aromatic rings. The summed E-state index contributed by atoms with van der Waals surface area (Å²) in [5.74, 6) is 2.08. The summed E-state index contributed by atoms with van der Waals surface area (Å²) in [6, 6.07) is 15.1. The Morgan fingerprint density at radius 1 is 1.07 bits per heavy atom. The molecule has 2 aromatic heterocycles. The largest absolute Gasteiger partial charge is 0.494 e. The fourth-order valence-electron chi connectivity index (χ4n) is 2.84. The molecule has 7 heteroatoms. The molecule has 0 spiro atoms. The fourth-order valence-corrected chi connectivity index (χ4v) is 3.75. The van der Waals surface area contributed by atoms with E-state index in [0.717, 1.165) is 29.0 Å². The van der Waals surface area contributed by atoms with Crippen molar-refractivity contribution in [3.63, 3.8) is 0 Å². The number of fused-ring (bicyclic) bond motifs is 1. The lowest BCUT2D eigenvalue weighted by Crippen LogP contribution is -2.23. The molecular formula is C23H21N3O3S. The molecule has 0 aliphatic rings. The summed E-state index contributed by atoms with van der Waals surface area (Å²) in [5.41, 5.74) is 1.58. The molecule has 2 heterocycles. The van der Waals surface area contributed by atoms with Crippen molar-refractivity contribution in [2.75, 3.05) is 13.2 Å². The first-order valence-corrected chi connectivity index (χ1v) is 10.5. The Morgan fingerprint density at radius 2 is 1.77 bits per heavy atom. The van der Waals surface area contributed by atoms with Gasteiger partial charge in [0.1, 0.15) is 18.1 Å². The third-order valence-electron chi connectivity index (χ3n) is 4.31. The smallest absolute Gasteiger partial charge is 0.291 e. The number of benzene rings is 2. The van der Waals surface area contributed by atoms with Crippen molar-refractivity contribution in [1.29, 1.82) is 0 Å². The van der Waals surface area contributed by atoms with Crippen LogP contribution in [0.15, 0.2) is 66.0 Å². The van der Waals surface area contributed by atoms with Crippen LogP contribution in [0.25, 0.3) is 22.4 Å². The maximum Gasteiger partial charge on any atom is 0.291 e. The van der Waals surface area contributed by atoms with Crippen LogP contribution in [0, 0.1) is 0 Å². The molecule has 0 saturated heterocycles. The van der Waals surface area contributed by atoms with Crippen LogP contribution in [0.1, 0.15) is 18.9 Å². The van der Waals surface area contributed by atoms with Gasteiger partial charge in [-0.2, -0.15) is 9.50 Å². The monoisotopic (exact) mass is 419 g/mol. The lowest BCUT2D eigenvalue weighted by atomic mass is 10.2. The fraction of sp³-hybridized carbons (Fsp3) is 0.174. The van der Waals surface area contributed by atoms with Gasteiger partial charge in [0, 0.05) is 5.56 Å². The lowest BCUT2D eigenvalue weighted by Gasteiger charge is -2.03. The van der Waals surface area contributed by atoms with E-state index in [9.17, 15) is 4.79 Å². The molecule has 2 aromatic carbocycles. The van der Waals surface area contributed by atoms with E-state index >= 15 is 0 Å². The van der Waals surface area contributed by atoms with E-state index in [-0.39, 0.29) is 5.56 Å². The first-order valence-electron chi connectivity index (χ1n) is 9.66. The number of hydrogen-bond acceptors (Lipinski definition) is 6. The molecule has 0 bridgehead atoms. The molecule has 0 N–H and O–H groups in total. The van der Waals surface area contributed by atoms with Crippen LogP contribution >= 0.6 is 11.3 Å². The molecule has 0 saturated carbocycles. The Labute approximate surface area is 177 Å². The third kappa shape index (κ3) is 4.26. The van der Waals surface area contributed by atoms with Crippen molar-refractivity contribution >= 4 is 22.4 Å². The van der Waals surface area contributed by atoms with Crippen molar-refractivity contribution in [3.05, 3.63) is 81.6 Å². The number of thiazole rings is 1. The van der Waals surface area contributed by atoms with Gasteiger partial charge in [0.25, 0.3) is 5.56 Å². The van der Waals surface area contributed by atoms with Gasteiger partial charge in [-0.25, -0.2) is 0 Å². The molecule has 4 rings (SSSR count). The second-order valence-corrected chi connectivity index (χ2v) is 7.60. The summed E-state index contributed by atoms with van der Waals surface area (Å²) in [6.45, 7) is 6.84. The van der Waals surface area contributed by atoms with Crippen molar-refractivity contribution in [3.8, 4) is 22.9 Å². The minimum Gasteiger partial charge on any atom is -0.494 e. The van der Waals surface area contributed by atoms with E-state index in [2.05, 4.69) is 23.6 Å². The van der Waals surface area contributed by atoms with E-state index in [4.69, 9.17) is 9.47 Å². The first kappa shape index (κ1) is 19.8. The number of hydrogen-bond donors (Lipinski definition) is 0. The molecule has 0 aliphatic heterocycles. The van der Waals surface area contributed by atoms with Crippen LogP contribution in [0.4, 0.5) is 0 Å². The molecule has 0 amide bonds. The molecule has 0 radical (unpaired) electrons. The Bertz CT molecular complexity index is 1260. The maximum atomic E-state index is 12.7. The third-order valence-corrected chi connectivity index (χ3v) is 5.27. The lowest BCUT2D eigenvalue weighted by molar-refractivity contribution is 0.317. The average molecular weight is 420 g/mol. The Balaban J connectivity index is 1.58. The molecule has 0 aliphatic carbocycles. The van der Waals surface area contributed by atoms with E-state index in [1.807, 2.05) is 54.6 Å². The maximum absolute atomic E-state index is 12.7. The highest BCUT2D eigenvalue weighted by Gasteiger charge is 2.12. The second-order valence-electron chi connectivity index (χ2n) is 6.59. The summed E-state index contributed by atoms with van der Waals surface area (Å²) < 4.78 is 13.0. The predicted octanol–water partition coefficient (Wildman–Crippen LogP) is 3.72. The summed E-state index contributed by atoms with van der Waals surface area (Å²) in [6.07, 6.45) is 4.50. The highest BCUT2D eigenvalue weighted by atomic mass is 32.1. The van der Waals surface area contributed by atoms with E-state index in [1.54, 1.807) is 6.08 Å². The van der Waals surface area contributed by atoms with E-state index in [0.29, 0.717) is 28.5 Å². The first-order chi connectivity index (χ1) is 14.7. The van der Waals surface area contributed by atoms with Gasteiger partial charge in [-0.05, 0) is 54.5 Å². The predicted molar refractivity (Wildman–Crippen MR) is 119 cm³/mol. The van der Waals surface area contributed by atoms with Crippen molar-refractivity contribution in [1.82, 2.24) is 14.6 Å². The number of rotatable bonds is 8. The Hall–Kier alpha value is -3.45. The van der Waals surface area contributed by atoms with Crippen LogP contribution in [0.2, 0.25) is 0 Å². The molecule has 0 atom stereocenters. The van der Waals surface area contributed by atoms with Crippen LogP contribution in [0.5, 0.6) is 11.5 Å². The number of aromatic nitrogens is 3. The number of nitrogens with zero attached hydrogens (tertiary/aromatic N) is 3. The van der Waals surface area contributed by atoms with Crippen molar-refractivity contribution < 1.29 is 9.47 Å². The summed E-state index contributed by atoms with van der Waals surface area (Å²) in [7, 11) is 0. The Morgan fingerprint density at radius 3 is 2.43 bits per heavy atom. The molecule has 0 unspecified atom stereocenters. The minimum atomic E-state index is -0.175. The molecular weight excluding hydrogens is 398 g/mol. The van der Waals surface area contributed by atoms with E-state index < -0.39 is 0 Å². The summed E-state index contributed by atoms with van der Waals surface area (Å²) in [5, 5.41) is 4.39. The van der Waals surface area contributed by atoms with Gasteiger partial charge in [-0.3, -0.25) is 4.79 Å². The molecule has 152 valence electrons. The minimum absolute atomic E-state index is 0.175. The highest BCUT2D eigenvalue weighted by molar-refractivity contribution is 7.15. The van der Waals surface area contributed by atoms with Gasteiger partial charge in [0.15, 0.2) is 5.82 Å².